The number of H-pyrrole nitrogens is 1. The van der Waals surface area contributed by atoms with Crippen LogP contribution < -0.4 is 10.9 Å². The maximum absolute atomic E-state index is 12.7. The Morgan fingerprint density at radius 2 is 2.09 bits per heavy atom. The molecule has 9 heteroatoms. The van der Waals surface area contributed by atoms with Crippen molar-refractivity contribution in [1.29, 1.82) is 0 Å². The zero-order valence-electron chi connectivity index (χ0n) is 17.9. The van der Waals surface area contributed by atoms with E-state index in [2.05, 4.69) is 10.3 Å². The Bertz CT molecular complexity index is 1190. The predicted molar refractivity (Wildman–Crippen MR) is 124 cm³/mol. The number of halogens is 1. The van der Waals surface area contributed by atoms with Gasteiger partial charge in [-0.3, -0.25) is 9.59 Å². The molecule has 0 unspecified atom stereocenters. The van der Waals surface area contributed by atoms with Crippen LogP contribution in [0.2, 0.25) is 5.02 Å². The second kappa shape index (κ2) is 9.48. The van der Waals surface area contributed by atoms with Gasteiger partial charge < -0.3 is 24.7 Å². The molecule has 0 bridgehead atoms. The molecule has 32 heavy (non-hydrogen) atoms. The molecule has 1 aromatic carbocycles. The summed E-state index contributed by atoms with van der Waals surface area (Å²) >= 11 is 6.03. The summed E-state index contributed by atoms with van der Waals surface area (Å²) in [5.74, 6) is -0.117. The first kappa shape index (κ1) is 22.0. The number of hydrogen-bond donors (Lipinski definition) is 2. The van der Waals surface area contributed by atoms with E-state index in [0.29, 0.717) is 24.7 Å². The van der Waals surface area contributed by atoms with Crippen LogP contribution in [0.3, 0.4) is 0 Å². The molecular weight excluding hydrogens is 430 g/mol. The fraction of sp³-hybridized carbons (Fsp3) is 0.348. The lowest BCUT2D eigenvalue weighted by Gasteiger charge is -2.37. The van der Waals surface area contributed by atoms with E-state index < -0.39 is 0 Å². The summed E-state index contributed by atoms with van der Waals surface area (Å²) in [6, 6.07) is 12.1. The second-order valence-corrected chi connectivity index (χ2v) is 8.53. The number of hydrogen-bond acceptors (Lipinski definition) is 3. The van der Waals surface area contributed by atoms with E-state index in [1.165, 1.54) is 10.6 Å². The van der Waals surface area contributed by atoms with Gasteiger partial charge in [0.2, 0.25) is 5.91 Å². The average molecular weight is 456 g/mol. The summed E-state index contributed by atoms with van der Waals surface area (Å²) in [5.41, 5.74) is 1.65. The van der Waals surface area contributed by atoms with Crippen molar-refractivity contribution >= 4 is 34.4 Å². The molecular formula is C23H26ClN5O3. The van der Waals surface area contributed by atoms with E-state index in [1.807, 2.05) is 24.3 Å². The van der Waals surface area contributed by atoms with Gasteiger partial charge in [-0.2, -0.15) is 0 Å². The number of aromatic nitrogens is 2. The Balaban J connectivity index is 1.33. The third kappa shape index (κ3) is 4.96. The number of pyridine rings is 1. The quantitative estimate of drug-likeness (QED) is 0.619. The topological polar surface area (TPSA) is 90.4 Å². The molecule has 0 spiro atoms. The molecule has 0 saturated carbocycles. The largest absolute Gasteiger partial charge is 0.357 e. The monoisotopic (exact) mass is 455 g/mol. The highest BCUT2D eigenvalue weighted by Crippen LogP contribution is 2.20. The lowest BCUT2D eigenvalue weighted by atomic mass is 10.0. The molecule has 3 heterocycles. The third-order valence-corrected chi connectivity index (χ3v) is 6.13. The van der Waals surface area contributed by atoms with Gasteiger partial charge in [0.05, 0.1) is 12.6 Å². The first-order valence-corrected chi connectivity index (χ1v) is 11.0. The van der Waals surface area contributed by atoms with Gasteiger partial charge in [0, 0.05) is 54.0 Å². The summed E-state index contributed by atoms with van der Waals surface area (Å²) in [7, 11) is 1.75. The maximum atomic E-state index is 12.7. The Labute approximate surface area is 190 Å². The molecule has 8 nitrogen and oxygen atoms in total. The number of piperidine rings is 1. The minimum Gasteiger partial charge on any atom is -0.357 e. The summed E-state index contributed by atoms with van der Waals surface area (Å²) in [5, 5.41) is 4.60. The van der Waals surface area contributed by atoms with Gasteiger partial charge in [0.1, 0.15) is 6.54 Å². The predicted octanol–water partition coefficient (Wildman–Crippen LogP) is 2.82. The van der Waals surface area contributed by atoms with Crippen molar-refractivity contribution in [2.45, 2.75) is 32.0 Å². The minimum absolute atomic E-state index is 0.00665. The van der Waals surface area contributed by atoms with Crippen molar-refractivity contribution in [3.8, 4) is 0 Å². The number of likely N-dealkylation sites (N-methyl/N-ethyl adjacent to an activating group) is 1. The van der Waals surface area contributed by atoms with Crippen LogP contribution in [0.5, 0.6) is 0 Å². The number of rotatable bonds is 5. The molecule has 1 fully saturated rings. The molecule has 1 saturated heterocycles. The smallest absolute Gasteiger partial charge is 0.317 e. The lowest BCUT2D eigenvalue weighted by molar-refractivity contribution is -0.133. The van der Waals surface area contributed by atoms with E-state index in [4.69, 9.17) is 11.6 Å². The van der Waals surface area contributed by atoms with E-state index in [0.717, 1.165) is 29.4 Å². The van der Waals surface area contributed by atoms with E-state index in [9.17, 15) is 14.4 Å². The Kier molecular flexibility index (Phi) is 6.50. The van der Waals surface area contributed by atoms with Crippen molar-refractivity contribution in [3.05, 3.63) is 69.7 Å². The SMILES string of the molecule is CN(C(=O)NCc1cc2cc(Cl)ccc2[nH]1)[C@@H]1CCCN(C(=O)Cn2ccccc2=O)C1. The number of carbonyl (C=O) groups is 2. The van der Waals surface area contributed by atoms with Crippen LogP contribution in [-0.2, 0) is 17.9 Å². The van der Waals surface area contributed by atoms with Gasteiger partial charge >= 0.3 is 6.03 Å². The van der Waals surface area contributed by atoms with Crippen molar-refractivity contribution in [2.24, 2.45) is 0 Å². The maximum Gasteiger partial charge on any atom is 0.317 e. The van der Waals surface area contributed by atoms with Crippen molar-refractivity contribution < 1.29 is 9.59 Å². The van der Waals surface area contributed by atoms with Crippen LogP contribution in [0.25, 0.3) is 10.9 Å². The van der Waals surface area contributed by atoms with E-state index in [-0.39, 0.29) is 30.1 Å². The number of amides is 3. The fourth-order valence-electron chi connectivity index (χ4n) is 4.05. The van der Waals surface area contributed by atoms with Crippen LogP contribution in [0.4, 0.5) is 4.79 Å². The van der Waals surface area contributed by atoms with E-state index in [1.54, 1.807) is 35.2 Å². The van der Waals surface area contributed by atoms with Crippen LogP contribution in [-0.4, -0.2) is 57.5 Å². The Morgan fingerprint density at radius 3 is 2.91 bits per heavy atom. The number of nitrogens with one attached hydrogen (secondary N) is 2. The Morgan fingerprint density at radius 1 is 1.25 bits per heavy atom. The first-order chi connectivity index (χ1) is 15.4. The molecule has 3 amide bonds. The molecule has 0 aliphatic carbocycles. The number of aromatic amines is 1. The summed E-state index contributed by atoms with van der Waals surface area (Å²) in [6.45, 7) is 1.45. The highest BCUT2D eigenvalue weighted by molar-refractivity contribution is 6.31. The summed E-state index contributed by atoms with van der Waals surface area (Å²) in [4.78, 5) is 44.0. The second-order valence-electron chi connectivity index (χ2n) is 8.10. The van der Waals surface area contributed by atoms with Crippen molar-refractivity contribution in [1.82, 2.24) is 24.7 Å². The number of urea groups is 1. The highest BCUT2D eigenvalue weighted by atomic mass is 35.5. The van der Waals surface area contributed by atoms with Crippen LogP contribution in [0.15, 0.2) is 53.5 Å². The fourth-order valence-corrected chi connectivity index (χ4v) is 4.24. The minimum atomic E-state index is -0.204. The van der Waals surface area contributed by atoms with Crippen LogP contribution in [0.1, 0.15) is 18.5 Å². The molecule has 1 aliphatic heterocycles. The van der Waals surface area contributed by atoms with Crippen LogP contribution in [0, 0.1) is 0 Å². The zero-order valence-corrected chi connectivity index (χ0v) is 18.6. The van der Waals surface area contributed by atoms with Crippen molar-refractivity contribution in [3.63, 3.8) is 0 Å². The molecule has 0 radical (unpaired) electrons. The van der Waals surface area contributed by atoms with Gasteiger partial charge in [0.25, 0.3) is 5.56 Å². The van der Waals surface area contributed by atoms with Gasteiger partial charge in [-0.15, -0.1) is 0 Å². The summed E-state index contributed by atoms with van der Waals surface area (Å²) in [6.07, 6.45) is 3.24. The van der Waals surface area contributed by atoms with Gasteiger partial charge in [-0.25, -0.2) is 4.79 Å². The van der Waals surface area contributed by atoms with Crippen LogP contribution >= 0.6 is 11.6 Å². The van der Waals surface area contributed by atoms with E-state index >= 15 is 0 Å². The summed E-state index contributed by atoms with van der Waals surface area (Å²) < 4.78 is 1.40. The molecule has 4 rings (SSSR count). The number of benzene rings is 1. The molecule has 2 N–H and O–H groups in total. The zero-order chi connectivity index (χ0) is 22.7. The molecule has 1 atom stereocenters. The standard InChI is InChI=1S/C23H26ClN5O3/c1-27(23(32)25-13-18-12-16-11-17(24)7-8-20(16)26-18)19-5-4-10-28(14-19)22(31)15-29-9-3-2-6-21(29)30/h2-3,6-9,11-12,19,26H,4-5,10,13-15H2,1H3,(H,25,32)/t19-/m1/s1. The number of likely N-dealkylation sites (tertiary alicyclic amines) is 1. The number of fused-ring (bicyclic) bond motifs is 1. The highest BCUT2D eigenvalue weighted by Gasteiger charge is 2.28. The van der Waals surface area contributed by atoms with Gasteiger partial charge in [0.15, 0.2) is 0 Å². The lowest BCUT2D eigenvalue weighted by Crippen LogP contribution is -2.53. The molecule has 2 aromatic heterocycles. The third-order valence-electron chi connectivity index (χ3n) is 5.89. The van der Waals surface area contributed by atoms with Gasteiger partial charge in [-0.1, -0.05) is 17.7 Å². The van der Waals surface area contributed by atoms with Gasteiger partial charge in [-0.05, 0) is 43.2 Å². The molecule has 1 aliphatic rings. The first-order valence-electron chi connectivity index (χ1n) is 10.6. The normalized spacial score (nSPS) is 16.2. The van der Waals surface area contributed by atoms with Crippen molar-refractivity contribution in [2.75, 3.05) is 20.1 Å². The molecule has 3 aromatic rings. The number of carbonyl (C=O) groups excluding carboxylic acids is 2. The Hall–Kier alpha value is -3.26. The molecule has 168 valence electrons. The average Bonchev–Trinajstić information content (AvgIpc) is 3.20. The number of nitrogens with zero attached hydrogens (tertiary/aromatic N) is 3.